The van der Waals surface area contributed by atoms with E-state index in [4.69, 9.17) is 9.47 Å². The average Bonchev–Trinajstić information content (AvgIpc) is 2.65. The zero-order chi connectivity index (χ0) is 19.4. The highest BCUT2D eigenvalue weighted by Gasteiger charge is 1.92. The number of hydrogen-bond donors (Lipinski definition) is 2. The lowest BCUT2D eigenvalue weighted by atomic mass is 10.1. The molecule has 0 aromatic rings. The first-order valence-electron chi connectivity index (χ1n) is 10.1. The van der Waals surface area contributed by atoms with Crippen LogP contribution in [0.1, 0.15) is 85.0 Å². The van der Waals surface area contributed by atoms with Crippen molar-refractivity contribution in [2.45, 2.75) is 85.0 Å². The molecule has 0 aliphatic rings. The monoisotopic (exact) mass is 379 g/mol. The van der Waals surface area contributed by atoms with E-state index in [-0.39, 0.29) is 0 Å². The Hall–Kier alpha value is -0.260. The SMILES string of the molecule is CCCCCCCCCOCCOCCC.CCCCNC=O.CS. The normalized spacial score (nSPS) is 9.48. The van der Waals surface area contributed by atoms with Crippen LogP contribution < -0.4 is 5.32 Å². The lowest BCUT2D eigenvalue weighted by molar-refractivity contribution is -0.109. The molecule has 0 aromatic carbocycles. The molecule has 154 valence electrons. The second kappa shape index (κ2) is 35.0. The van der Waals surface area contributed by atoms with Gasteiger partial charge in [-0.3, -0.25) is 4.79 Å². The van der Waals surface area contributed by atoms with Crippen LogP contribution in [0.3, 0.4) is 0 Å². The molecule has 0 saturated carbocycles. The third-order valence-electron chi connectivity index (χ3n) is 3.37. The molecular formula is C20H45NO3S. The van der Waals surface area contributed by atoms with Crippen molar-refractivity contribution in [3.8, 4) is 0 Å². The van der Waals surface area contributed by atoms with E-state index < -0.39 is 0 Å². The molecule has 0 atom stereocenters. The van der Waals surface area contributed by atoms with Crippen LogP contribution in [0, 0.1) is 0 Å². The molecule has 0 unspecified atom stereocenters. The second-order valence-electron chi connectivity index (χ2n) is 5.77. The Morgan fingerprint density at radius 1 is 0.680 bits per heavy atom. The number of unbranched alkanes of at least 4 members (excludes halogenated alkanes) is 7. The Bertz CT molecular complexity index is 193. The van der Waals surface area contributed by atoms with Gasteiger partial charge in [0.05, 0.1) is 13.2 Å². The van der Waals surface area contributed by atoms with Crippen molar-refractivity contribution in [2.75, 3.05) is 39.2 Å². The van der Waals surface area contributed by atoms with Crippen molar-refractivity contribution in [1.29, 1.82) is 0 Å². The minimum Gasteiger partial charge on any atom is -0.379 e. The van der Waals surface area contributed by atoms with E-state index in [0.29, 0.717) is 0 Å². The summed E-state index contributed by atoms with van der Waals surface area (Å²) in [5, 5.41) is 2.57. The molecule has 0 saturated heterocycles. The summed E-state index contributed by atoms with van der Waals surface area (Å²) in [4.78, 5) is 9.57. The van der Waals surface area contributed by atoms with Gasteiger partial charge in [0.2, 0.25) is 6.41 Å². The summed E-state index contributed by atoms with van der Waals surface area (Å²) in [5.74, 6) is 0. The molecule has 5 heteroatoms. The van der Waals surface area contributed by atoms with Gasteiger partial charge < -0.3 is 14.8 Å². The van der Waals surface area contributed by atoms with Crippen LogP contribution in [0.15, 0.2) is 0 Å². The number of rotatable bonds is 17. The van der Waals surface area contributed by atoms with Crippen molar-refractivity contribution in [1.82, 2.24) is 5.32 Å². The van der Waals surface area contributed by atoms with E-state index in [1.54, 1.807) is 6.26 Å². The van der Waals surface area contributed by atoms with Crippen LogP contribution in [-0.2, 0) is 14.3 Å². The molecule has 0 rings (SSSR count). The summed E-state index contributed by atoms with van der Waals surface area (Å²) in [6.07, 6.45) is 15.2. The number of carbonyl (C=O) groups excluding carboxylic acids is 1. The summed E-state index contributed by atoms with van der Waals surface area (Å²) >= 11 is 3.53. The van der Waals surface area contributed by atoms with Crippen molar-refractivity contribution in [3.05, 3.63) is 0 Å². The van der Waals surface area contributed by atoms with Crippen LogP contribution in [0.5, 0.6) is 0 Å². The molecule has 1 amide bonds. The minimum atomic E-state index is 0.732. The fourth-order valence-corrected chi connectivity index (χ4v) is 1.97. The number of ether oxygens (including phenoxy) is 2. The first-order valence-corrected chi connectivity index (χ1v) is 11.0. The first kappa shape index (κ1) is 29.5. The highest BCUT2D eigenvalue weighted by atomic mass is 32.1. The molecule has 0 aliphatic carbocycles. The number of carbonyl (C=O) groups is 1. The van der Waals surface area contributed by atoms with Gasteiger partial charge in [0.15, 0.2) is 0 Å². The predicted octanol–water partition coefficient (Wildman–Crippen LogP) is 5.26. The Kier molecular flexibility index (Phi) is 41.3. The van der Waals surface area contributed by atoms with Gasteiger partial charge in [-0.05, 0) is 25.5 Å². The Morgan fingerprint density at radius 3 is 1.72 bits per heavy atom. The highest BCUT2D eigenvalue weighted by molar-refractivity contribution is 7.79. The molecule has 0 radical (unpaired) electrons. The summed E-state index contributed by atoms with van der Waals surface area (Å²) in [5.41, 5.74) is 0. The minimum absolute atomic E-state index is 0.732. The molecule has 1 N–H and O–H groups in total. The summed E-state index contributed by atoms with van der Waals surface area (Å²) < 4.78 is 10.8. The number of amides is 1. The predicted molar refractivity (Wildman–Crippen MR) is 114 cm³/mol. The summed E-state index contributed by atoms with van der Waals surface area (Å²) in [6.45, 7) is 10.6. The maximum absolute atomic E-state index is 9.57. The van der Waals surface area contributed by atoms with Gasteiger partial charge in [0, 0.05) is 19.8 Å². The van der Waals surface area contributed by atoms with Crippen molar-refractivity contribution < 1.29 is 14.3 Å². The summed E-state index contributed by atoms with van der Waals surface area (Å²) in [6, 6.07) is 0. The molecule has 4 nitrogen and oxygen atoms in total. The summed E-state index contributed by atoms with van der Waals surface area (Å²) in [7, 11) is 0. The van der Waals surface area contributed by atoms with E-state index in [1.807, 2.05) is 0 Å². The Morgan fingerprint density at radius 2 is 1.20 bits per heavy atom. The van der Waals surface area contributed by atoms with Crippen LogP contribution in [0.4, 0.5) is 0 Å². The fraction of sp³-hybridized carbons (Fsp3) is 0.950. The molecule has 0 bridgehead atoms. The quantitative estimate of drug-likeness (QED) is 0.206. The smallest absolute Gasteiger partial charge is 0.207 e. The largest absolute Gasteiger partial charge is 0.379 e. The van der Waals surface area contributed by atoms with Gasteiger partial charge in [-0.1, -0.05) is 65.7 Å². The zero-order valence-electron chi connectivity index (χ0n) is 17.4. The van der Waals surface area contributed by atoms with E-state index in [0.717, 1.165) is 58.6 Å². The zero-order valence-corrected chi connectivity index (χ0v) is 18.3. The lowest BCUT2D eigenvalue weighted by Gasteiger charge is -2.05. The topological polar surface area (TPSA) is 47.6 Å². The van der Waals surface area contributed by atoms with Crippen molar-refractivity contribution >= 4 is 19.0 Å². The third kappa shape index (κ3) is 40.0. The van der Waals surface area contributed by atoms with E-state index >= 15 is 0 Å². The molecule has 0 heterocycles. The molecular weight excluding hydrogens is 334 g/mol. The van der Waals surface area contributed by atoms with Crippen LogP contribution >= 0.6 is 12.6 Å². The molecule has 0 fully saturated rings. The van der Waals surface area contributed by atoms with Gasteiger partial charge in [0.1, 0.15) is 0 Å². The van der Waals surface area contributed by atoms with Crippen molar-refractivity contribution in [3.63, 3.8) is 0 Å². The van der Waals surface area contributed by atoms with E-state index in [2.05, 4.69) is 38.7 Å². The molecule has 25 heavy (non-hydrogen) atoms. The second-order valence-corrected chi connectivity index (χ2v) is 5.77. The average molecular weight is 380 g/mol. The van der Waals surface area contributed by atoms with Crippen LogP contribution in [0.2, 0.25) is 0 Å². The maximum Gasteiger partial charge on any atom is 0.207 e. The van der Waals surface area contributed by atoms with Gasteiger partial charge in [-0.15, -0.1) is 0 Å². The lowest BCUT2D eigenvalue weighted by Crippen LogP contribution is -2.11. The molecule has 0 aliphatic heterocycles. The maximum atomic E-state index is 9.57. The number of nitrogens with one attached hydrogen (secondary N) is 1. The standard InChI is InChI=1S/C14H30O2.C5H11NO.CH4S/c1-3-5-6-7-8-9-10-12-16-14-13-15-11-4-2;1-2-3-4-6-5-7;1-2/h3-14H2,1-2H3;5H,2-4H2,1H3,(H,6,7);2H,1H3. The highest BCUT2D eigenvalue weighted by Crippen LogP contribution is 2.06. The fourth-order valence-electron chi connectivity index (χ4n) is 1.97. The third-order valence-corrected chi connectivity index (χ3v) is 3.37. The van der Waals surface area contributed by atoms with Crippen molar-refractivity contribution in [2.24, 2.45) is 0 Å². The molecule has 0 spiro atoms. The van der Waals surface area contributed by atoms with Crippen LogP contribution in [0.25, 0.3) is 0 Å². The van der Waals surface area contributed by atoms with Gasteiger partial charge in [0.25, 0.3) is 0 Å². The van der Waals surface area contributed by atoms with E-state index in [1.165, 1.54) is 44.9 Å². The first-order chi connectivity index (χ1) is 12.3. The Labute approximate surface area is 163 Å². The number of thiol groups is 1. The molecule has 0 aromatic heterocycles. The van der Waals surface area contributed by atoms with Gasteiger partial charge in [-0.25, -0.2) is 0 Å². The van der Waals surface area contributed by atoms with Crippen LogP contribution in [-0.4, -0.2) is 45.6 Å². The Balaban J connectivity index is -0.000000450. The van der Waals surface area contributed by atoms with Gasteiger partial charge >= 0.3 is 0 Å². The van der Waals surface area contributed by atoms with Gasteiger partial charge in [-0.2, -0.15) is 12.6 Å². The number of hydrogen-bond acceptors (Lipinski definition) is 4. The van der Waals surface area contributed by atoms with E-state index in [9.17, 15) is 4.79 Å².